The minimum Gasteiger partial charge on any atom is -0.341 e. The molecule has 0 unspecified atom stereocenters. The summed E-state index contributed by atoms with van der Waals surface area (Å²) in [5.41, 5.74) is 2.80. The first-order chi connectivity index (χ1) is 7.70. The normalized spacial score (nSPS) is 10.7. The van der Waals surface area contributed by atoms with E-state index in [0.717, 1.165) is 23.4 Å². The van der Waals surface area contributed by atoms with Gasteiger partial charge < -0.3 is 10.3 Å². The van der Waals surface area contributed by atoms with Crippen molar-refractivity contribution < 1.29 is 4.39 Å². The zero-order valence-electron chi connectivity index (χ0n) is 9.34. The Labute approximate surface area is 93.7 Å². The monoisotopic (exact) mass is 219 g/mol. The van der Waals surface area contributed by atoms with Crippen LogP contribution >= 0.6 is 0 Å². The number of hydrogen-bond donors (Lipinski definition) is 2. The highest BCUT2D eigenvalue weighted by Crippen LogP contribution is 2.21. The maximum absolute atomic E-state index is 13.1. The zero-order valence-corrected chi connectivity index (χ0v) is 9.34. The van der Waals surface area contributed by atoms with Crippen LogP contribution in [0.15, 0.2) is 24.4 Å². The first-order valence-corrected chi connectivity index (χ1v) is 5.15. The van der Waals surface area contributed by atoms with Gasteiger partial charge in [0.2, 0.25) is 0 Å². The van der Waals surface area contributed by atoms with Gasteiger partial charge in [-0.15, -0.1) is 0 Å². The molecule has 84 valence electrons. The van der Waals surface area contributed by atoms with Gasteiger partial charge in [0.25, 0.3) is 0 Å². The number of hydrogen-bond acceptors (Lipinski definition) is 2. The molecule has 0 fully saturated rings. The number of aryl methyl sites for hydroxylation is 1. The minimum absolute atomic E-state index is 0.243. The number of halogens is 1. The summed E-state index contributed by atoms with van der Waals surface area (Å²) < 4.78 is 13.1. The maximum Gasteiger partial charge on any atom is 0.137 e. The van der Waals surface area contributed by atoms with Gasteiger partial charge in [0.15, 0.2) is 0 Å². The van der Waals surface area contributed by atoms with E-state index >= 15 is 0 Å². The molecule has 4 heteroatoms. The van der Waals surface area contributed by atoms with E-state index in [-0.39, 0.29) is 5.82 Å². The number of nitrogens with one attached hydrogen (secondary N) is 2. The van der Waals surface area contributed by atoms with E-state index in [1.165, 1.54) is 12.1 Å². The minimum atomic E-state index is -0.243. The second kappa shape index (κ2) is 4.45. The van der Waals surface area contributed by atoms with E-state index in [1.807, 2.05) is 14.0 Å². The highest BCUT2D eigenvalue weighted by Gasteiger charge is 2.07. The van der Waals surface area contributed by atoms with Crippen LogP contribution in [0.3, 0.4) is 0 Å². The number of nitrogens with zero attached hydrogens (tertiary/aromatic N) is 1. The molecule has 0 saturated carbocycles. The predicted octanol–water partition coefficient (Wildman–Crippen LogP) is 2.24. The van der Waals surface area contributed by atoms with Crippen LogP contribution in [-0.4, -0.2) is 17.0 Å². The number of aromatic amines is 1. The van der Waals surface area contributed by atoms with Crippen LogP contribution in [0.2, 0.25) is 0 Å². The lowest BCUT2D eigenvalue weighted by atomic mass is 10.1. The van der Waals surface area contributed by atoms with Crippen LogP contribution in [0.25, 0.3) is 11.4 Å². The van der Waals surface area contributed by atoms with Gasteiger partial charge in [0.05, 0.1) is 0 Å². The number of aromatic nitrogens is 2. The Morgan fingerprint density at radius 3 is 3.00 bits per heavy atom. The topological polar surface area (TPSA) is 40.7 Å². The fourth-order valence-corrected chi connectivity index (χ4v) is 1.63. The molecule has 0 aliphatic rings. The van der Waals surface area contributed by atoms with Crippen LogP contribution < -0.4 is 5.32 Å². The van der Waals surface area contributed by atoms with Crippen LogP contribution in [0.4, 0.5) is 4.39 Å². The molecule has 0 aliphatic carbocycles. The lowest BCUT2D eigenvalue weighted by Gasteiger charge is -2.02. The molecule has 0 spiro atoms. The summed E-state index contributed by atoms with van der Waals surface area (Å²) in [5, 5.41) is 3.03. The highest BCUT2D eigenvalue weighted by atomic mass is 19.1. The van der Waals surface area contributed by atoms with Crippen molar-refractivity contribution in [2.45, 2.75) is 13.5 Å². The second-order valence-corrected chi connectivity index (χ2v) is 3.75. The molecule has 1 aromatic heterocycles. The Kier molecular flexibility index (Phi) is 3.01. The largest absolute Gasteiger partial charge is 0.341 e. The van der Waals surface area contributed by atoms with Crippen molar-refractivity contribution in [3.63, 3.8) is 0 Å². The second-order valence-electron chi connectivity index (χ2n) is 3.75. The van der Waals surface area contributed by atoms with Gasteiger partial charge in [-0.05, 0) is 31.7 Å². The Balaban J connectivity index is 2.38. The van der Waals surface area contributed by atoms with Gasteiger partial charge in [0.1, 0.15) is 11.6 Å². The lowest BCUT2D eigenvalue weighted by molar-refractivity contribution is 0.628. The lowest BCUT2D eigenvalue weighted by Crippen LogP contribution is -2.04. The quantitative estimate of drug-likeness (QED) is 0.831. The van der Waals surface area contributed by atoms with E-state index in [0.29, 0.717) is 5.82 Å². The first kappa shape index (κ1) is 10.8. The molecular formula is C12H14FN3. The molecular weight excluding hydrogens is 205 g/mol. The van der Waals surface area contributed by atoms with Crippen LogP contribution in [-0.2, 0) is 6.54 Å². The molecule has 0 bridgehead atoms. The zero-order chi connectivity index (χ0) is 11.5. The van der Waals surface area contributed by atoms with Crippen molar-refractivity contribution in [2.75, 3.05) is 7.05 Å². The molecule has 2 rings (SSSR count). The summed E-state index contributed by atoms with van der Waals surface area (Å²) in [4.78, 5) is 7.40. The SMILES string of the molecule is CNCc1cnc(-c2cc(F)ccc2C)[nH]1. The van der Waals surface area contributed by atoms with E-state index in [1.54, 1.807) is 12.3 Å². The van der Waals surface area contributed by atoms with Crippen molar-refractivity contribution in [2.24, 2.45) is 0 Å². The summed E-state index contributed by atoms with van der Waals surface area (Å²) in [7, 11) is 1.87. The van der Waals surface area contributed by atoms with Crippen LogP contribution in [0.1, 0.15) is 11.3 Å². The van der Waals surface area contributed by atoms with E-state index in [4.69, 9.17) is 0 Å². The number of H-pyrrole nitrogens is 1. The molecule has 3 nitrogen and oxygen atoms in total. The molecule has 0 radical (unpaired) electrons. The number of imidazole rings is 1. The van der Waals surface area contributed by atoms with Crippen molar-refractivity contribution in [1.82, 2.24) is 15.3 Å². The molecule has 0 saturated heterocycles. The first-order valence-electron chi connectivity index (χ1n) is 5.15. The molecule has 2 aromatic rings. The van der Waals surface area contributed by atoms with Gasteiger partial charge in [-0.25, -0.2) is 9.37 Å². The van der Waals surface area contributed by atoms with Crippen LogP contribution in [0, 0.1) is 12.7 Å². The van der Waals surface area contributed by atoms with E-state index in [2.05, 4.69) is 15.3 Å². The Hall–Kier alpha value is -1.68. The van der Waals surface area contributed by atoms with E-state index in [9.17, 15) is 4.39 Å². The van der Waals surface area contributed by atoms with Crippen molar-refractivity contribution >= 4 is 0 Å². The van der Waals surface area contributed by atoms with Crippen molar-refractivity contribution in [3.05, 3.63) is 41.5 Å². The Morgan fingerprint density at radius 1 is 1.44 bits per heavy atom. The molecule has 1 heterocycles. The number of rotatable bonds is 3. The molecule has 16 heavy (non-hydrogen) atoms. The molecule has 0 amide bonds. The summed E-state index contributed by atoms with van der Waals surface area (Å²) in [5.74, 6) is 0.467. The average Bonchev–Trinajstić information content (AvgIpc) is 2.71. The third kappa shape index (κ3) is 2.12. The molecule has 2 N–H and O–H groups in total. The van der Waals surface area contributed by atoms with Gasteiger partial charge in [0, 0.05) is 24.0 Å². The fraction of sp³-hybridized carbons (Fsp3) is 0.250. The van der Waals surface area contributed by atoms with Crippen molar-refractivity contribution in [1.29, 1.82) is 0 Å². The molecule has 0 aliphatic heterocycles. The third-order valence-electron chi connectivity index (χ3n) is 2.45. The number of benzene rings is 1. The van der Waals surface area contributed by atoms with Crippen molar-refractivity contribution in [3.8, 4) is 11.4 Å². The highest BCUT2D eigenvalue weighted by molar-refractivity contribution is 5.60. The standard InChI is InChI=1S/C12H14FN3/c1-8-3-4-9(13)5-11(8)12-15-7-10(16-12)6-14-2/h3-5,7,14H,6H2,1-2H3,(H,15,16). The van der Waals surface area contributed by atoms with Gasteiger partial charge in [-0.2, -0.15) is 0 Å². The smallest absolute Gasteiger partial charge is 0.137 e. The maximum atomic E-state index is 13.1. The fourth-order valence-electron chi connectivity index (χ4n) is 1.63. The Bertz CT molecular complexity index is 491. The van der Waals surface area contributed by atoms with E-state index < -0.39 is 0 Å². The van der Waals surface area contributed by atoms with Crippen LogP contribution in [0.5, 0.6) is 0 Å². The Morgan fingerprint density at radius 2 is 2.25 bits per heavy atom. The molecule has 0 atom stereocenters. The van der Waals surface area contributed by atoms with Gasteiger partial charge in [-0.1, -0.05) is 6.07 Å². The van der Waals surface area contributed by atoms with Gasteiger partial charge in [-0.3, -0.25) is 0 Å². The predicted molar refractivity (Wildman–Crippen MR) is 61.5 cm³/mol. The summed E-state index contributed by atoms with van der Waals surface area (Å²) in [6, 6.07) is 4.71. The van der Waals surface area contributed by atoms with Gasteiger partial charge >= 0.3 is 0 Å². The molecule has 1 aromatic carbocycles. The average molecular weight is 219 g/mol. The summed E-state index contributed by atoms with van der Waals surface area (Å²) in [6.45, 7) is 2.66. The third-order valence-corrected chi connectivity index (χ3v) is 2.45. The summed E-state index contributed by atoms with van der Waals surface area (Å²) >= 11 is 0. The summed E-state index contributed by atoms with van der Waals surface area (Å²) in [6.07, 6.45) is 1.76.